The molecule has 1 aliphatic rings. The standard InChI is InChI=1S/C14H20FNO/c1-9-7-11(8-9)16-10(2)14-12(15)5-4-6-13(14)17-3/h4-6,9-11,16H,7-8H2,1-3H3. The molecule has 1 aromatic rings. The topological polar surface area (TPSA) is 21.3 Å². The van der Waals surface area contributed by atoms with Gasteiger partial charge in [0.25, 0.3) is 0 Å². The van der Waals surface area contributed by atoms with Gasteiger partial charge in [0.1, 0.15) is 11.6 Å². The minimum atomic E-state index is -0.197. The SMILES string of the molecule is COc1cccc(F)c1C(C)NC1CC(C)C1. The quantitative estimate of drug-likeness (QED) is 0.867. The largest absolute Gasteiger partial charge is 0.496 e. The van der Waals surface area contributed by atoms with E-state index in [1.807, 2.05) is 6.92 Å². The summed E-state index contributed by atoms with van der Waals surface area (Å²) in [5.41, 5.74) is 0.634. The molecule has 1 aliphatic carbocycles. The van der Waals surface area contributed by atoms with E-state index in [0.29, 0.717) is 17.4 Å². The molecule has 1 unspecified atom stereocenters. The second-order valence-corrected chi connectivity index (χ2v) is 5.02. The molecule has 2 nitrogen and oxygen atoms in total. The van der Waals surface area contributed by atoms with Crippen molar-refractivity contribution in [3.05, 3.63) is 29.6 Å². The molecule has 94 valence electrons. The molecule has 0 aliphatic heterocycles. The number of benzene rings is 1. The fourth-order valence-corrected chi connectivity index (χ4v) is 2.59. The minimum Gasteiger partial charge on any atom is -0.496 e. The summed E-state index contributed by atoms with van der Waals surface area (Å²) in [6.45, 7) is 4.23. The van der Waals surface area contributed by atoms with Crippen LogP contribution in [0.3, 0.4) is 0 Å². The Morgan fingerprint density at radius 2 is 2.12 bits per heavy atom. The molecule has 1 atom stereocenters. The highest BCUT2D eigenvalue weighted by Gasteiger charge is 2.28. The summed E-state index contributed by atoms with van der Waals surface area (Å²) in [5.74, 6) is 1.22. The van der Waals surface area contributed by atoms with Gasteiger partial charge in [0.05, 0.1) is 7.11 Å². The normalized spacial score (nSPS) is 25.2. The third-order valence-electron chi connectivity index (χ3n) is 3.53. The molecule has 1 saturated carbocycles. The number of ether oxygens (including phenoxy) is 1. The molecule has 1 N–H and O–H groups in total. The Morgan fingerprint density at radius 3 is 2.71 bits per heavy atom. The van der Waals surface area contributed by atoms with Crippen LogP contribution in [0.2, 0.25) is 0 Å². The second-order valence-electron chi connectivity index (χ2n) is 5.02. The van der Waals surface area contributed by atoms with E-state index >= 15 is 0 Å². The van der Waals surface area contributed by atoms with Crippen molar-refractivity contribution in [2.24, 2.45) is 5.92 Å². The lowest BCUT2D eigenvalue weighted by Gasteiger charge is -2.36. The highest BCUT2D eigenvalue weighted by molar-refractivity contribution is 5.37. The Labute approximate surface area is 102 Å². The smallest absolute Gasteiger partial charge is 0.131 e. The van der Waals surface area contributed by atoms with E-state index in [9.17, 15) is 4.39 Å². The van der Waals surface area contributed by atoms with E-state index in [-0.39, 0.29) is 11.9 Å². The van der Waals surface area contributed by atoms with Crippen LogP contribution in [-0.2, 0) is 0 Å². The Morgan fingerprint density at radius 1 is 1.41 bits per heavy atom. The number of hydrogen-bond donors (Lipinski definition) is 1. The zero-order valence-electron chi connectivity index (χ0n) is 10.7. The van der Waals surface area contributed by atoms with Crippen molar-refractivity contribution in [1.82, 2.24) is 5.32 Å². The molecule has 3 heteroatoms. The number of hydrogen-bond acceptors (Lipinski definition) is 2. The molecular formula is C14H20FNO. The van der Waals surface area contributed by atoms with Crippen molar-refractivity contribution in [3.63, 3.8) is 0 Å². The first kappa shape index (κ1) is 12.4. The molecule has 0 bridgehead atoms. The number of nitrogens with one attached hydrogen (secondary N) is 1. The average molecular weight is 237 g/mol. The van der Waals surface area contributed by atoms with Crippen LogP contribution < -0.4 is 10.1 Å². The zero-order chi connectivity index (χ0) is 12.4. The van der Waals surface area contributed by atoms with Gasteiger partial charge < -0.3 is 10.1 Å². The van der Waals surface area contributed by atoms with Crippen LogP contribution in [0.25, 0.3) is 0 Å². The first-order chi connectivity index (χ1) is 8.11. The maximum absolute atomic E-state index is 13.8. The van der Waals surface area contributed by atoms with E-state index in [4.69, 9.17) is 4.74 Å². The number of rotatable bonds is 4. The van der Waals surface area contributed by atoms with Crippen LogP contribution >= 0.6 is 0 Å². The van der Waals surface area contributed by atoms with E-state index < -0.39 is 0 Å². The average Bonchev–Trinajstić information content (AvgIpc) is 2.26. The highest BCUT2D eigenvalue weighted by atomic mass is 19.1. The van der Waals surface area contributed by atoms with E-state index in [1.54, 1.807) is 19.2 Å². The van der Waals surface area contributed by atoms with Gasteiger partial charge in [-0.1, -0.05) is 13.0 Å². The molecule has 1 fully saturated rings. The predicted molar refractivity (Wildman–Crippen MR) is 66.7 cm³/mol. The summed E-state index contributed by atoms with van der Waals surface area (Å²) in [6, 6.07) is 5.47. The van der Waals surface area contributed by atoms with Crippen LogP contribution in [0.5, 0.6) is 5.75 Å². The molecule has 17 heavy (non-hydrogen) atoms. The Hall–Kier alpha value is -1.09. The third kappa shape index (κ3) is 2.60. The molecular weight excluding hydrogens is 217 g/mol. The van der Waals surface area contributed by atoms with Gasteiger partial charge in [-0.2, -0.15) is 0 Å². The van der Waals surface area contributed by atoms with Gasteiger partial charge >= 0.3 is 0 Å². The van der Waals surface area contributed by atoms with Gasteiger partial charge in [-0.3, -0.25) is 0 Å². The highest BCUT2D eigenvalue weighted by Crippen LogP contribution is 2.32. The molecule has 0 saturated heterocycles. The molecule has 1 aromatic carbocycles. The van der Waals surface area contributed by atoms with Gasteiger partial charge in [0.2, 0.25) is 0 Å². The van der Waals surface area contributed by atoms with Crippen molar-refractivity contribution in [2.75, 3.05) is 7.11 Å². The van der Waals surface area contributed by atoms with Gasteiger partial charge in [-0.25, -0.2) is 4.39 Å². The van der Waals surface area contributed by atoms with E-state index in [2.05, 4.69) is 12.2 Å². The second kappa shape index (κ2) is 5.05. The lowest BCUT2D eigenvalue weighted by Crippen LogP contribution is -2.41. The molecule has 2 rings (SSSR count). The Balaban J connectivity index is 2.10. The van der Waals surface area contributed by atoms with E-state index in [0.717, 1.165) is 5.92 Å². The van der Waals surface area contributed by atoms with Crippen LogP contribution in [0, 0.1) is 11.7 Å². The Bertz CT molecular complexity index is 388. The van der Waals surface area contributed by atoms with E-state index in [1.165, 1.54) is 18.9 Å². The van der Waals surface area contributed by atoms with Gasteiger partial charge in [0.15, 0.2) is 0 Å². The van der Waals surface area contributed by atoms with Crippen molar-refractivity contribution in [1.29, 1.82) is 0 Å². The third-order valence-corrected chi connectivity index (χ3v) is 3.53. The summed E-state index contributed by atoms with van der Waals surface area (Å²) < 4.78 is 19.0. The lowest BCUT2D eigenvalue weighted by molar-refractivity contribution is 0.223. The summed E-state index contributed by atoms with van der Waals surface area (Å²) in [6.07, 6.45) is 2.36. The molecule has 0 amide bonds. The zero-order valence-corrected chi connectivity index (χ0v) is 10.7. The first-order valence-electron chi connectivity index (χ1n) is 6.20. The van der Waals surface area contributed by atoms with Crippen molar-refractivity contribution in [2.45, 2.75) is 38.8 Å². The number of halogens is 1. The summed E-state index contributed by atoms with van der Waals surface area (Å²) >= 11 is 0. The summed E-state index contributed by atoms with van der Waals surface area (Å²) in [4.78, 5) is 0. The lowest BCUT2D eigenvalue weighted by atomic mass is 9.81. The van der Waals surface area contributed by atoms with Crippen LogP contribution in [0.1, 0.15) is 38.3 Å². The van der Waals surface area contributed by atoms with Crippen molar-refractivity contribution < 1.29 is 9.13 Å². The minimum absolute atomic E-state index is 0.0105. The van der Waals surface area contributed by atoms with Gasteiger partial charge in [0, 0.05) is 17.6 Å². The first-order valence-corrected chi connectivity index (χ1v) is 6.20. The molecule has 0 spiro atoms. The van der Waals surface area contributed by atoms with Crippen LogP contribution in [-0.4, -0.2) is 13.2 Å². The number of methoxy groups -OCH3 is 1. The molecule has 0 heterocycles. The summed E-state index contributed by atoms with van der Waals surface area (Å²) in [7, 11) is 1.58. The van der Waals surface area contributed by atoms with Gasteiger partial charge in [-0.15, -0.1) is 0 Å². The fourth-order valence-electron chi connectivity index (χ4n) is 2.59. The predicted octanol–water partition coefficient (Wildman–Crippen LogP) is 3.28. The molecule has 0 radical (unpaired) electrons. The molecule has 0 aromatic heterocycles. The van der Waals surface area contributed by atoms with Crippen LogP contribution in [0.4, 0.5) is 4.39 Å². The van der Waals surface area contributed by atoms with Crippen molar-refractivity contribution in [3.8, 4) is 5.75 Å². The fraction of sp³-hybridized carbons (Fsp3) is 0.571. The summed E-state index contributed by atoms with van der Waals surface area (Å²) in [5, 5.41) is 3.46. The van der Waals surface area contributed by atoms with Gasteiger partial charge in [-0.05, 0) is 37.8 Å². The maximum atomic E-state index is 13.8. The van der Waals surface area contributed by atoms with Crippen LogP contribution in [0.15, 0.2) is 18.2 Å². The maximum Gasteiger partial charge on any atom is 0.131 e. The van der Waals surface area contributed by atoms with Crippen molar-refractivity contribution >= 4 is 0 Å². The monoisotopic (exact) mass is 237 g/mol. The Kier molecular flexibility index (Phi) is 3.67.